The third kappa shape index (κ3) is 5.61. The van der Waals surface area contributed by atoms with Crippen LogP contribution in [0.5, 0.6) is 0 Å². The van der Waals surface area contributed by atoms with E-state index in [0.717, 1.165) is 17.9 Å². The molecule has 1 saturated carbocycles. The number of rotatable bonds is 5. The Morgan fingerprint density at radius 3 is 2.16 bits per heavy atom. The third-order valence-corrected chi connectivity index (χ3v) is 5.37. The average Bonchev–Trinajstić information content (AvgIpc) is 2.46. The van der Waals surface area contributed by atoms with E-state index in [2.05, 4.69) is 24.2 Å². The lowest BCUT2D eigenvalue weighted by Crippen LogP contribution is -2.37. The van der Waals surface area contributed by atoms with Gasteiger partial charge in [0, 0.05) is 6.04 Å². The minimum absolute atomic E-state index is 0. The van der Waals surface area contributed by atoms with E-state index < -0.39 is 0 Å². The fourth-order valence-electron chi connectivity index (χ4n) is 3.73. The van der Waals surface area contributed by atoms with E-state index in [1.165, 1.54) is 71.0 Å². The summed E-state index contributed by atoms with van der Waals surface area (Å²) in [6, 6.07) is 0.884. The summed E-state index contributed by atoms with van der Waals surface area (Å²) in [6.45, 7) is 6.17. The van der Waals surface area contributed by atoms with Gasteiger partial charge in [0.05, 0.1) is 0 Å². The topological polar surface area (TPSA) is 15.3 Å². The number of hydrogen-bond donors (Lipinski definition) is 1. The normalized spacial score (nSPS) is 29.2. The van der Waals surface area contributed by atoms with Crippen molar-refractivity contribution in [2.75, 3.05) is 26.7 Å². The maximum Gasteiger partial charge on any atom is 0.00924 e. The Bertz CT molecular complexity index is 221. The van der Waals surface area contributed by atoms with Crippen molar-refractivity contribution in [3.8, 4) is 0 Å². The molecule has 0 atom stereocenters. The first kappa shape index (κ1) is 17.3. The lowest BCUT2D eigenvalue weighted by Gasteiger charge is -2.35. The van der Waals surface area contributed by atoms with Crippen LogP contribution in [-0.4, -0.2) is 37.6 Å². The van der Waals surface area contributed by atoms with E-state index in [-0.39, 0.29) is 12.4 Å². The highest BCUT2D eigenvalue weighted by atomic mass is 35.5. The van der Waals surface area contributed by atoms with Crippen LogP contribution in [0, 0.1) is 11.8 Å². The molecule has 1 N–H and O–H groups in total. The van der Waals surface area contributed by atoms with Gasteiger partial charge in [0.1, 0.15) is 0 Å². The molecule has 1 heterocycles. The minimum atomic E-state index is 0. The monoisotopic (exact) mass is 288 g/mol. The average molecular weight is 289 g/mol. The number of nitrogens with one attached hydrogen (secondary N) is 1. The van der Waals surface area contributed by atoms with E-state index in [9.17, 15) is 0 Å². The van der Waals surface area contributed by atoms with E-state index in [1.807, 2.05) is 0 Å². The summed E-state index contributed by atoms with van der Waals surface area (Å²) in [4.78, 5) is 2.66. The summed E-state index contributed by atoms with van der Waals surface area (Å²) < 4.78 is 0. The zero-order valence-corrected chi connectivity index (χ0v) is 13.7. The first-order valence-electron chi connectivity index (χ1n) is 8.20. The van der Waals surface area contributed by atoms with Crippen LogP contribution >= 0.6 is 12.4 Å². The molecule has 0 spiro atoms. The molecule has 19 heavy (non-hydrogen) atoms. The second-order valence-electron chi connectivity index (χ2n) is 6.55. The highest BCUT2D eigenvalue weighted by Crippen LogP contribution is 2.29. The molecule has 0 aromatic rings. The van der Waals surface area contributed by atoms with Crippen molar-refractivity contribution in [3.05, 3.63) is 0 Å². The SMILES string of the molecule is CCC1CCC(N(C)CCC2CCNCC2)CC1.Cl. The van der Waals surface area contributed by atoms with Crippen LogP contribution < -0.4 is 5.32 Å². The fraction of sp³-hybridized carbons (Fsp3) is 1.00. The van der Waals surface area contributed by atoms with Crippen LogP contribution in [0.2, 0.25) is 0 Å². The number of hydrogen-bond acceptors (Lipinski definition) is 2. The second kappa shape index (κ2) is 9.20. The first-order valence-corrected chi connectivity index (χ1v) is 8.20. The largest absolute Gasteiger partial charge is 0.317 e. The molecule has 2 nitrogen and oxygen atoms in total. The van der Waals surface area contributed by atoms with Crippen LogP contribution in [0.25, 0.3) is 0 Å². The molecule has 114 valence electrons. The van der Waals surface area contributed by atoms with Gasteiger partial charge in [0.25, 0.3) is 0 Å². The summed E-state index contributed by atoms with van der Waals surface area (Å²) in [5.41, 5.74) is 0. The maximum atomic E-state index is 3.46. The van der Waals surface area contributed by atoms with E-state index >= 15 is 0 Å². The van der Waals surface area contributed by atoms with Crippen molar-refractivity contribution >= 4 is 12.4 Å². The van der Waals surface area contributed by atoms with E-state index in [4.69, 9.17) is 0 Å². The molecule has 3 heteroatoms. The van der Waals surface area contributed by atoms with Crippen molar-refractivity contribution in [2.24, 2.45) is 11.8 Å². The molecule has 1 saturated heterocycles. The zero-order valence-electron chi connectivity index (χ0n) is 12.9. The van der Waals surface area contributed by atoms with E-state index in [0.29, 0.717) is 0 Å². The predicted molar refractivity (Wildman–Crippen MR) is 86.1 cm³/mol. The quantitative estimate of drug-likeness (QED) is 0.830. The molecule has 2 rings (SSSR count). The van der Waals surface area contributed by atoms with E-state index in [1.54, 1.807) is 0 Å². The van der Waals surface area contributed by atoms with Crippen molar-refractivity contribution in [2.45, 2.75) is 64.3 Å². The molecular formula is C16H33ClN2. The Balaban J connectivity index is 0.00000180. The molecule has 0 aromatic heterocycles. The highest BCUT2D eigenvalue weighted by Gasteiger charge is 2.23. The molecule has 0 unspecified atom stereocenters. The summed E-state index contributed by atoms with van der Waals surface area (Å²) in [5.74, 6) is 2.01. The van der Waals surface area contributed by atoms with Crippen molar-refractivity contribution in [3.63, 3.8) is 0 Å². The minimum Gasteiger partial charge on any atom is -0.317 e. The Kier molecular flexibility index (Phi) is 8.36. The summed E-state index contributed by atoms with van der Waals surface area (Å²) in [5, 5.41) is 3.46. The highest BCUT2D eigenvalue weighted by molar-refractivity contribution is 5.85. The first-order chi connectivity index (χ1) is 8.79. The predicted octanol–water partition coefficient (Wildman–Crippen LogP) is 3.70. The molecule has 0 radical (unpaired) electrons. The lowest BCUT2D eigenvalue weighted by atomic mass is 9.84. The molecule has 0 bridgehead atoms. The molecule has 0 amide bonds. The molecule has 0 aromatic carbocycles. The van der Waals surface area contributed by atoms with Gasteiger partial charge in [-0.1, -0.05) is 13.3 Å². The number of nitrogens with zero attached hydrogens (tertiary/aromatic N) is 1. The lowest BCUT2D eigenvalue weighted by molar-refractivity contribution is 0.151. The fourth-order valence-corrected chi connectivity index (χ4v) is 3.73. The van der Waals surface area contributed by atoms with Gasteiger partial charge < -0.3 is 10.2 Å². The maximum absolute atomic E-state index is 3.46. The van der Waals surface area contributed by atoms with Crippen LogP contribution in [0.4, 0.5) is 0 Å². The van der Waals surface area contributed by atoms with Gasteiger partial charge in [0.15, 0.2) is 0 Å². The van der Waals surface area contributed by atoms with Gasteiger partial charge in [-0.05, 0) is 83.5 Å². The number of piperidine rings is 1. The van der Waals surface area contributed by atoms with Crippen LogP contribution in [-0.2, 0) is 0 Å². The summed E-state index contributed by atoms with van der Waals surface area (Å²) in [6.07, 6.45) is 11.4. The van der Waals surface area contributed by atoms with Crippen LogP contribution in [0.1, 0.15) is 58.3 Å². The van der Waals surface area contributed by atoms with Crippen LogP contribution in [0.15, 0.2) is 0 Å². The van der Waals surface area contributed by atoms with Crippen LogP contribution in [0.3, 0.4) is 0 Å². The Morgan fingerprint density at radius 1 is 0.947 bits per heavy atom. The van der Waals surface area contributed by atoms with Gasteiger partial charge in [-0.25, -0.2) is 0 Å². The van der Waals surface area contributed by atoms with Crippen molar-refractivity contribution in [1.82, 2.24) is 10.2 Å². The standard InChI is InChI=1S/C16H32N2.ClH/c1-3-14-4-6-16(7-5-14)18(2)13-10-15-8-11-17-12-9-15;/h14-17H,3-13H2,1-2H3;1H. The van der Waals surface area contributed by atoms with Crippen molar-refractivity contribution < 1.29 is 0 Å². The van der Waals surface area contributed by atoms with Gasteiger partial charge >= 0.3 is 0 Å². The second-order valence-corrected chi connectivity index (χ2v) is 6.55. The molecule has 2 aliphatic rings. The third-order valence-electron chi connectivity index (χ3n) is 5.37. The Morgan fingerprint density at radius 2 is 1.58 bits per heavy atom. The van der Waals surface area contributed by atoms with Gasteiger partial charge in [-0.2, -0.15) is 0 Å². The molecular weight excluding hydrogens is 256 g/mol. The van der Waals surface area contributed by atoms with Gasteiger partial charge in [-0.15, -0.1) is 12.4 Å². The smallest absolute Gasteiger partial charge is 0.00924 e. The Hall–Kier alpha value is 0.210. The Labute approximate surface area is 126 Å². The van der Waals surface area contributed by atoms with Crippen molar-refractivity contribution in [1.29, 1.82) is 0 Å². The molecule has 1 aliphatic carbocycles. The van der Waals surface area contributed by atoms with Gasteiger partial charge in [-0.3, -0.25) is 0 Å². The molecule has 2 fully saturated rings. The zero-order chi connectivity index (χ0) is 12.8. The summed E-state index contributed by atoms with van der Waals surface area (Å²) in [7, 11) is 2.36. The van der Waals surface area contributed by atoms with Gasteiger partial charge in [0.2, 0.25) is 0 Å². The number of halogens is 1. The molecule has 1 aliphatic heterocycles. The summed E-state index contributed by atoms with van der Waals surface area (Å²) >= 11 is 0.